The lowest BCUT2D eigenvalue weighted by Gasteiger charge is -2.23. The predicted molar refractivity (Wildman–Crippen MR) is 72.0 cm³/mol. The van der Waals surface area contributed by atoms with Gasteiger partial charge in [0.15, 0.2) is 0 Å². The maximum absolute atomic E-state index is 12.3. The van der Waals surface area contributed by atoms with Crippen LogP contribution in [0.4, 0.5) is 0 Å². The van der Waals surface area contributed by atoms with Gasteiger partial charge in [0.25, 0.3) is 5.91 Å². The van der Waals surface area contributed by atoms with E-state index in [0.29, 0.717) is 12.2 Å². The molecule has 104 valence electrons. The molecule has 0 saturated carbocycles. The van der Waals surface area contributed by atoms with Gasteiger partial charge in [-0.25, -0.2) is 4.98 Å². The van der Waals surface area contributed by atoms with Crippen molar-refractivity contribution < 1.29 is 14.7 Å². The Labute approximate surface area is 113 Å². The normalized spacial score (nSPS) is 10.5. The second-order valence-electron chi connectivity index (χ2n) is 4.95. The summed E-state index contributed by atoms with van der Waals surface area (Å²) >= 11 is 0. The molecule has 1 rings (SSSR count). The molecule has 5 nitrogen and oxygen atoms in total. The zero-order valence-electron chi connectivity index (χ0n) is 11.6. The third kappa shape index (κ3) is 5.07. The largest absolute Gasteiger partial charge is 0.481 e. The first kappa shape index (κ1) is 15.1. The maximum atomic E-state index is 12.3. The molecule has 0 radical (unpaired) electrons. The van der Waals surface area contributed by atoms with E-state index in [-0.39, 0.29) is 24.8 Å². The van der Waals surface area contributed by atoms with E-state index in [2.05, 4.69) is 4.98 Å². The van der Waals surface area contributed by atoms with Crippen LogP contribution in [0.3, 0.4) is 0 Å². The number of pyridine rings is 1. The van der Waals surface area contributed by atoms with Crippen molar-refractivity contribution in [1.29, 1.82) is 0 Å². The highest BCUT2D eigenvalue weighted by atomic mass is 16.4. The van der Waals surface area contributed by atoms with E-state index in [9.17, 15) is 9.59 Å². The summed E-state index contributed by atoms with van der Waals surface area (Å²) in [7, 11) is 0. The number of hydrogen-bond acceptors (Lipinski definition) is 3. The van der Waals surface area contributed by atoms with E-state index in [4.69, 9.17) is 5.11 Å². The number of hydrogen-bond donors (Lipinski definition) is 1. The minimum Gasteiger partial charge on any atom is -0.481 e. The van der Waals surface area contributed by atoms with Crippen molar-refractivity contribution in [1.82, 2.24) is 9.88 Å². The van der Waals surface area contributed by atoms with Gasteiger partial charge in [-0.05, 0) is 25.0 Å². The average Bonchev–Trinajstić information content (AvgIpc) is 2.33. The molecule has 0 unspecified atom stereocenters. The third-order valence-corrected chi connectivity index (χ3v) is 2.58. The lowest BCUT2D eigenvalue weighted by molar-refractivity contribution is -0.137. The number of aromatic nitrogens is 1. The van der Waals surface area contributed by atoms with Gasteiger partial charge in [-0.1, -0.05) is 19.9 Å². The van der Waals surface area contributed by atoms with Gasteiger partial charge in [0.05, 0.1) is 6.42 Å². The summed E-state index contributed by atoms with van der Waals surface area (Å²) in [6.07, 6.45) is -0.0513. The summed E-state index contributed by atoms with van der Waals surface area (Å²) in [6, 6.07) is 5.25. The average molecular weight is 264 g/mol. The molecule has 0 aliphatic carbocycles. The molecule has 1 aromatic heterocycles. The molecule has 1 amide bonds. The summed E-state index contributed by atoms with van der Waals surface area (Å²) in [6.45, 7) is 6.54. The standard InChI is InChI=1S/C14H20N2O3/c1-10(2)9-16(8-7-13(17)18)14(19)12-6-4-5-11(3)15-12/h4-6,10H,7-9H2,1-3H3,(H,17,18). The number of amides is 1. The summed E-state index contributed by atoms with van der Waals surface area (Å²) in [4.78, 5) is 28.7. The van der Waals surface area contributed by atoms with Gasteiger partial charge in [0, 0.05) is 18.8 Å². The molecule has 0 atom stereocenters. The van der Waals surface area contributed by atoms with E-state index in [0.717, 1.165) is 5.69 Å². The minimum atomic E-state index is -0.904. The molecule has 5 heteroatoms. The fraction of sp³-hybridized carbons (Fsp3) is 0.500. The molecule has 0 saturated heterocycles. The zero-order valence-corrected chi connectivity index (χ0v) is 11.6. The van der Waals surface area contributed by atoms with Crippen molar-refractivity contribution in [2.75, 3.05) is 13.1 Å². The summed E-state index contributed by atoms with van der Waals surface area (Å²) < 4.78 is 0. The molecule has 0 spiro atoms. The topological polar surface area (TPSA) is 70.5 Å². The molecule has 1 heterocycles. The van der Waals surface area contributed by atoms with E-state index >= 15 is 0 Å². The first-order chi connectivity index (χ1) is 8.90. The van der Waals surface area contributed by atoms with Crippen LogP contribution in [0.15, 0.2) is 18.2 Å². The molecule has 1 N–H and O–H groups in total. The van der Waals surface area contributed by atoms with Crippen LogP contribution in [0, 0.1) is 12.8 Å². The van der Waals surface area contributed by atoms with E-state index in [1.54, 1.807) is 17.0 Å². The fourth-order valence-corrected chi connectivity index (χ4v) is 1.77. The number of carbonyl (C=O) groups excluding carboxylic acids is 1. The lowest BCUT2D eigenvalue weighted by Crippen LogP contribution is -2.36. The molecule has 0 aliphatic heterocycles. The predicted octanol–water partition coefficient (Wildman–Crippen LogP) is 1.96. The second-order valence-corrected chi connectivity index (χ2v) is 4.95. The SMILES string of the molecule is Cc1cccc(C(=O)N(CCC(=O)O)CC(C)C)n1. The van der Waals surface area contributed by atoms with Crippen LogP contribution in [-0.4, -0.2) is 40.0 Å². The monoisotopic (exact) mass is 264 g/mol. The van der Waals surface area contributed by atoms with Gasteiger partial charge in [0.1, 0.15) is 5.69 Å². The van der Waals surface area contributed by atoms with Crippen molar-refractivity contribution in [3.8, 4) is 0 Å². The molecule has 0 aromatic carbocycles. The molecule has 0 fully saturated rings. The van der Waals surface area contributed by atoms with Crippen LogP contribution in [-0.2, 0) is 4.79 Å². The van der Waals surface area contributed by atoms with Gasteiger partial charge >= 0.3 is 5.97 Å². The third-order valence-electron chi connectivity index (χ3n) is 2.58. The number of aliphatic carboxylic acids is 1. The van der Waals surface area contributed by atoms with Crippen LogP contribution >= 0.6 is 0 Å². The van der Waals surface area contributed by atoms with Gasteiger partial charge in [0.2, 0.25) is 0 Å². The molecule has 19 heavy (non-hydrogen) atoms. The summed E-state index contributed by atoms with van der Waals surface area (Å²) in [5.74, 6) is -0.833. The first-order valence-corrected chi connectivity index (χ1v) is 6.35. The van der Waals surface area contributed by atoms with Crippen molar-refractivity contribution in [2.45, 2.75) is 27.2 Å². The smallest absolute Gasteiger partial charge is 0.305 e. The number of carboxylic acids is 1. The van der Waals surface area contributed by atoms with Crippen molar-refractivity contribution in [3.05, 3.63) is 29.6 Å². The minimum absolute atomic E-state index is 0.0513. The highest BCUT2D eigenvalue weighted by molar-refractivity contribution is 5.92. The maximum Gasteiger partial charge on any atom is 0.305 e. The quantitative estimate of drug-likeness (QED) is 0.852. The number of rotatable bonds is 6. The number of nitrogens with zero attached hydrogens (tertiary/aromatic N) is 2. The molecule has 1 aromatic rings. The Morgan fingerprint density at radius 2 is 2.05 bits per heavy atom. The number of carbonyl (C=O) groups is 2. The van der Waals surface area contributed by atoms with Crippen LogP contribution < -0.4 is 0 Å². The summed E-state index contributed by atoms with van der Waals surface area (Å²) in [5, 5.41) is 8.74. The van der Waals surface area contributed by atoms with Crippen LogP contribution in [0.5, 0.6) is 0 Å². The molecular weight excluding hydrogens is 244 g/mol. The van der Waals surface area contributed by atoms with Crippen molar-refractivity contribution in [2.24, 2.45) is 5.92 Å². The van der Waals surface area contributed by atoms with Gasteiger partial charge in [-0.15, -0.1) is 0 Å². The highest BCUT2D eigenvalue weighted by Crippen LogP contribution is 2.07. The van der Waals surface area contributed by atoms with Gasteiger partial charge in [-0.3, -0.25) is 9.59 Å². The van der Waals surface area contributed by atoms with Crippen molar-refractivity contribution >= 4 is 11.9 Å². The van der Waals surface area contributed by atoms with E-state index in [1.807, 2.05) is 26.8 Å². The van der Waals surface area contributed by atoms with Crippen LogP contribution in [0.25, 0.3) is 0 Å². The Kier molecular flexibility index (Phi) is 5.48. The second kappa shape index (κ2) is 6.87. The lowest BCUT2D eigenvalue weighted by atomic mass is 10.2. The Morgan fingerprint density at radius 3 is 2.58 bits per heavy atom. The molecule has 0 bridgehead atoms. The van der Waals surface area contributed by atoms with Crippen LogP contribution in [0.1, 0.15) is 36.5 Å². The van der Waals surface area contributed by atoms with Crippen molar-refractivity contribution in [3.63, 3.8) is 0 Å². The van der Waals surface area contributed by atoms with E-state index in [1.165, 1.54) is 0 Å². The Hall–Kier alpha value is -1.91. The number of carboxylic acid groups (broad SMARTS) is 1. The van der Waals surface area contributed by atoms with Crippen LogP contribution in [0.2, 0.25) is 0 Å². The van der Waals surface area contributed by atoms with E-state index < -0.39 is 5.97 Å². The van der Waals surface area contributed by atoms with Gasteiger partial charge in [-0.2, -0.15) is 0 Å². The Balaban J connectivity index is 2.83. The molecular formula is C14H20N2O3. The molecule has 0 aliphatic rings. The zero-order chi connectivity index (χ0) is 14.4. The first-order valence-electron chi connectivity index (χ1n) is 6.35. The number of aryl methyl sites for hydroxylation is 1. The fourth-order valence-electron chi connectivity index (χ4n) is 1.77. The Morgan fingerprint density at radius 1 is 1.37 bits per heavy atom. The Bertz CT molecular complexity index is 458. The highest BCUT2D eigenvalue weighted by Gasteiger charge is 2.18. The van der Waals surface area contributed by atoms with Gasteiger partial charge < -0.3 is 10.0 Å². The summed E-state index contributed by atoms with van der Waals surface area (Å²) in [5.41, 5.74) is 1.14.